The number of anilines is 1. The first kappa shape index (κ1) is 16.5. The van der Waals surface area contributed by atoms with Crippen LogP contribution in [0.5, 0.6) is 0 Å². The first-order chi connectivity index (χ1) is 10.2. The van der Waals surface area contributed by atoms with Crippen molar-refractivity contribution < 1.29 is 0 Å². The summed E-state index contributed by atoms with van der Waals surface area (Å²) in [5.41, 5.74) is 0.925. The maximum atomic E-state index is 12.3. The molecule has 1 aliphatic rings. The molecule has 2 rings (SSSR count). The number of rotatable bonds is 6. The molecule has 0 aromatic carbocycles. The summed E-state index contributed by atoms with van der Waals surface area (Å²) in [6.45, 7) is 5.87. The van der Waals surface area contributed by atoms with Gasteiger partial charge in [0.1, 0.15) is 4.47 Å². The summed E-state index contributed by atoms with van der Waals surface area (Å²) < 4.78 is 2.21. The van der Waals surface area contributed by atoms with Crippen molar-refractivity contribution in [1.82, 2.24) is 15.1 Å². The Balaban J connectivity index is 2.08. The number of nitrogens with one attached hydrogen (secondary N) is 1. The van der Waals surface area contributed by atoms with Crippen LogP contribution in [0.1, 0.15) is 32.6 Å². The minimum atomic E-state index is -0.0155. The largest absolute Gasteiger partial charge is 0.369 e. The second kappa shape index (κ2) is 7.94. The third-order valence-electron chi connectivity index (χ3n) is 4.14. The van der Waals surface area contributed by atoms with Gasteiger partial charge in [-0.1, -0.05) is 13.3 Å². The lowest BCUT2D eigenvalue weighted by atomic mass is 9.96. The zero-order chi connectivity index (χ0) is 15.2. The lowest BCUT2D eigenvalue weighted by molar-refractivity contribution is 0.392. The van der Waals surface area contributed by atoms with Crippen molar-refractivity contribution in [1.29, 1.82) is 0 Å². The van der Waals surface area contributed by atoms with Crippen LogP contribution in [0.4, 0.5) is 5.69 Å². The highest BCUT2D eigenvalue weighted by molar-refractivity contribution is 9.10. The van der Waals surface area contributed by atoms with Gasteiger partial charge >= 0.3 is 0 Å². The Labute approximate surface area is 134 Å². The smallest absolute Gasteiger partial charge is 0.283 e. The fourth-order valence-corrected chi connectivity index (χ4v) is 3.37. The van der Waals surface area contributed by atoms with E-state index in [1.807, 2.05) is 13.2 Å². The first-order valence-corrected chi connectivity index (χ1v) is 8.61. The minimum Gasteiger partial charge on any atom is -0.369 e. The van der Waals surface area contributed by atoms with Crippen molar-refractivity contribution in [2.45, 2.75) is 39.2 Å². The van der Waals surface area contributed by atoms with E-state index in [0.29, 0.717) is 11.0 Å². The molecule has 0 bridgehead atoms. The topological polar surface area (TPSA) is 50.2 Å². The highest BCUT2D eigenvalue weighted by atomic mass is 79.9. The zero-order valence-electron chi connectivity index (χ0n) is 12.9. The fraction of sp³-hybridized carbons (Fsp3) is 0.733. The van der Waals surface area contributed by atoms with Gasteiger partial charge in [-0.25, -0.2) is 4.68 Å². The summed E-state index contributed by atoms with van der Waals surface area (Å²) >= 11 is 3.48. The summed E-state index contributed by atoms with van der Waals surface area (Å²) in [7, 11) is 2.00. The molecular weight excluding hydrogens is 332 g/mol. The van der Waals surface area contributed by atoms with Crippen LogP contribution in [0.2, 0.25) is 0 Å². The van der Waals surface area contributed by atoms with Crippen LogP contribution in [0.25, 0.3) is 0 Å². The van der Waals surface area contributed by atoms with Crippen LogP contribution >= 0.6 is 15.9 Å². The van der Waals surface area contributed by atoms with E-state index in [-0.39, 0.29) is 5.56 Å². The standard InChI is InChI=1S/C15H25BrN4O/c1-3-4-7-20-15(21)14(16)13(11-18-20)19-8-5-12(6-9-19)10-17-2/h11-12,17H,3-10H2,1-2H3. The highest BCUT2D eigenvalue weighted by Gasteiger charge is 2.22. The van der Waals surface area contributed by atoms with E-state index in [0.717, 1.165) is 56.9 Å². The Morgan fingerprint density at radius 2 is 2.14 bits per heavy atom. The number of halogens is 1. The van der Waals surface area contributed by atoms with Gasteiger partial charge in [0, 0.05) is 19.6 Å². The van der Waals surface area contributed by atoms with Crippen molar-refractivity contribution in [2.24, 2.45) is 5.92 Å². The van der Waals surface area contributed by atoms with Gasteiger partial charge in [-0.15, -0.1) is 0 Å². The van der Waals surface area contributed by atoms with E-state index in [1.165, 1.54) is 0 Å². The predicted octanol–water partition coefficient (Wildman–Crippen LogP) is 2.24. The molecule has 118 valence electrons. The Morgan fingerprint density at radius 1 is 1.43 bits per heavy atom. The fourth-order valence-electron chi connectivity index (χ4n) is 2.81. The number of hydrogen-bond donors (Lipinski definition) is 1. The summed E-state index contributed by atoms with van der Waals surface area (Å²) in [6.07, 6.45) is 6.19. The number of aryl methyl sites for hydroxylation is 1. The van der Waals surface area contributed by atoms with Gasteiger partial charge in [-0.3, -0.25) is 4.79 Å². The summed E-state index contributed by atoms with van der Waals surface area (Å²) in [6, 6.07) is 0. The number of unbranched alkanes of at least 4 members (excludes halogenated alkanes) is 1. The molecule has 2 heterocycles. The third-order valence-corrected chi connectivity index (χ3v) is 4.88. The molecule has 6 heteroatoms. The minimum absolute atomic E-state index is 0.0155. The highest BCUT2D eigenvalue weighted by Crippen LogP contribution is 2.26. The van der Waals surface area contributed by atoms with Gasteiger partial charge < -0.3 is 10.2 Å². The molecule has 1 aliphatic heterocycles. The van der Waals surface area contributed by atoms with E-state index in [9.17, 15) is 4.79 Å². The van der Waals surface area contributed by atoms with E-state index >= 15 is 0 Å². The quantitative estimate of drug-likeness (QED) is 0.849. The monoisotopic (exact) mass is 356 g/mol. The molecule has 0 unspecified atom stereocenters. The van der Waals surface area contributed by atoms with Crippen molar-refractivity contribution in [3.05, 3.63) is 21.0 Å². The van der Waals surface area contributed by atoms with E-state index in [2.05, 4.69) is 38.2 Å². The van der Waals surface area contributed by atoms with Crippen molar-refractivity contribution in [2.75, 3.05) is 31.6 Å². The van der Waals surface area contributed by atoms with Crippen LogP contribution in [0.3, 0.4) is 0 Å². The maximum Gasteiger partial charge on any atom is 0.283 e. The molecular formula is C15H25BrN4O. The van der Waals surface area contributed by atoms with Gasteiger partial charge in [0.25, 0.3) is 5.56 Å². The van der Waals surface area contributed by atoms with Gasteiger partial charge in [0.05, 0.1) is 11.9 Å². The second-order valence-electron chi connectivity index (χ2n) is 5.71. The van der Waals surface area contributed by atoms with Gasteiger partial charge in [0.15, 0.2) is 0 Å². The average molecular weight is 357 g/mol. The lowest BCUT2D eigenvalue weighted by Gasteiger charge is -2.33. The van der Waals surface area contributed by atoms with Crippen LogP contribution in [-0.2, 0) is 6.54 Å². The van der Waals surface area contributed by atoms with Gasteiger partial charge in [0.2, 0.25) is 0 Å². The van der Waals surface area contributed by atoms with Crippen molar-refractivity contribution >= 4 is 21.6 Å². The van der Waals surface area contributed by atoms with Gasteiger partial charge in [-0.2, -0.15) is 5.10 Å². The molecule has 0 saturated carbocycles. The number of nitrogens with zero attached hydrogens (tertiary/aromatic N) is 3. The molecule has 1 aromatic rings. The molecule has 0 atom stereocenters. The maximum absolute atomic E-state index is 12.3. The molecule has 5 nitrogen and oxygen atoms in total. The molecule has 1 N–H and O–H groups in total. The average Bonchev–Trinajstić information content (AvgIpc) is 2.50. The van der Waals surface area contributed by atoms with Crippen LogP contribution in [0.15, 0.2) is 15.5 Å². The lowest BCUT2D eigenvalue weighted by Crippen LogP contribution is -2.38. The zero-order valence-corrected chi connectivity index (χ0v) is 14.5. The molecule has 1 saturated heterocycles. The van der Waals surface area contributed by atoms with E-state index in [4.69, 9.17) is 0 Å². The third kappa shape index (κ3) is 4.07. The van der Waals surface area contributed by atoms with E-state index in [1.54, 1.807) is 4.68 Å². The van der Waals surface area contributed by atoms with Gasteiger partial charge in [-0.05, 0) is 54.7 Å². The number of piperidine rings is 1. The molecule has 21 heavy (non-hydrogen) atoms. The summed E-state index contributed by atoms with van der Waals surface area (Å²) in [4.78, 5) is 14.6. The Bertz CT molecular complexity index is 509. The molecule has 0 aliphatic carbocycles. The van der Waals surface area contributed by atoms with Crippen molar-refractivity contribution in [3.63, 3.8) is 0 Å². The first-order valence-electron chi connectivity index (χ1n) is 7.82. The van der Waals surface area contributed by atoms with Crippen LogP contribution in [-0.4, -0.2) is 36.5 Å². The Kier molecular flexibility index (Phi) is 6.23. The van der Waals surface area contributed by atoms with E-state index < -0.39 is 0 Å². The molecule has 0 amide bonds. The molecule has 1 fully saturated rings. The molecule has 0 spiro atoms. The Morgan fingerprint density at radius 3 is 2.76 bits per heavy atom. The number of aromatic nitrogens is 2. The summed E-state index contributed by atoms with van der Waals surface area (Å²) in [5, 5.41) is 7.57. The van der Waals surface area contributed by atoms with Crippen LogP contribution < -0.4 is 15.8 Å². The SMILES string of the molecule is CCCCn1ncc(N2CCC(CNC)CC2)c(Br)c1=O. The van der Waals surface area contributed by atoms with Crippen molar-refractivity contribution in [3.8, 4) is 0 Å². The second-order valence-corrected chi connectivity index (χ2v) is 6.51. The summed E-state index contributed by atoms with van der Waals surface area (Å²) in [5.74, 6) is 0.739. The normalized spacial score (nSPS) is 16.4. The predicted molar refractivity (Wildman–Crippen MR) is 90.0 cm³/mol. The number of hydrogen-bond acceptors (Lipinski definition) is 4. The van der Waals surface area contributed by atoms with Crippen LogP contribution in [0, 0.1) is 5.92 Å². The molecule has 1 aromatic heterocycles. The Hall–Kier alpha value is -0.880. The molecule has 0 radical (unpaired) electrons.